The Morgan fingerprint density at radius 2 is 2.12 bits per heavy atom. The molecule has 1 aromatic carbocycles. The van der Waals surface area contributed by atoms with Crippen molar-refractivity contribution in [2.24, 2.45) is 0 Å². The van der Waals surface area contributed by atoms with Gasteiger partial charge in [-0.25, -0.2) is 9.97 Å². The van der Waals surface area contributed by atoms with Crippen LogP contribution in [0.4, 0.5) is 11.5 Å². The summed E-state index contributed by atoms with van der Waals surface area (Å²) in [6.45, 7) is 5.26. The highest BCUT2D eigenvalue weighted by Gasteiger charge is 2.39. The van der Waals surface area contributed by atoms with Crippen LogP contribution in [-0.2, 0) is 4.74 Å². The molecule has 8 heteroatoms. The summed E-state index contributed by atoms with van der Waals surface area (Å²) >= 11 is 0. The fourth-order valence-electron chi connectivity index (χ4n) is 3.65. The van der Waals surface area contributed by atoms with Gasteiger partial charge in [0.25, 0.3) is 5.69 Å². The number of ether oxygens (including phenoxy) is 1. The van der Waals surface area contributed by atoms with E-state index in [1.54, 1.807) is 12.1 Å². The predicted molar refractivity (Wildman–Crippen MR) is 97.2 cm³/mol. The number of nitrogens with zero attached hydrogens (tertiary/aromatic N) is 5. The topological polar surface area (TPSA) is 84.6 Å². The van der Waals surface area contributed by atoms with E-state index in [1.165, 1.54) is 12.1 Å². The first-order valence-electron chi connectivity index (χ1n) is 8.68. The molecular formula is C18H21N5O3. The van der Waals surface area contributed by atoms with Crippen molar-refractivity contribution in [3.63, 3.8) is 0 Å². The highest BCUT2D eigenvalue weighted by molar-refractivity contribution is 5.61. The molecule has 0 amide bonds. The number of hydrogen-bond donors (Lipinski definition) is 0. The second-order valence-electron chi connectivity index (χ2n) is 6.86. The van der Waals surface area contributed by atoms with Crippen molar-refractivity contribution in [1.29, 1.82) is 0 Å². The lowest BCUT2D eigenvalue weighted by Crippen LogP contribution is -2.48. The number of benzene rings is 1. The van der Waals surface area contributed by atoms with Crippen LogP contribution in [0.1, 0.15) is 5.69 Å². The third-order valence-corrected chi connectivity index (χ3v) is 5.06. The van der Waals surface area contributed by atoms with Crippen molar-refractivity contribution < 1.29 is 9.66 Å². The van der Waals surface area contributed by atoms with Crippen LogP contribution in [0.25, 0.3) is 11.4 Å². The number of non-ortho nitro benzene ring substituents is 1. The Morgan fingerprint density at radius 3 is 2.88 bits per heavy atom. The molecule has 2 saturated heterocycles. The molecule has 2 aromatic rings. The molecular weight excluding hydrogens is 334 g/mol. The molecule has 0 saturated carbocycles. The van der Waals surface area contributed by atoms with Crippen molar-refractivity contribution in [3.8, 4) is 11.4 Å². The SMILES string of the molecule is Cc1cc(N2CC3OCCN(C)C3C2)nc(-c2cccc([N+](=O)[O-])c2)n1. The van der Waals surface area contributed by atoms with Gasteiger partial charge in [-0.05, 0) is 14.0 Å². The van der Waals surface area contributed by atoms with Crippen molar-refractivity contribution in [2.45, 2.75) is 19.1 Å². The zero-order chi connectivity index (χ0) is 18.3. The van der Waals surface area contributed by atoms with E-state index in [0.717, 1.165) is 37.8 Å². The molecule has 2 fully saturated rings. The van der Waals surface area contributed by atoms with Crippen molar-refractivity contribution >= 4 is 11.5 Å². The highest BCUT2D eigenvalue weighted by Crippen LogP contribution is 2.28. The smallest absolute Gasteiger partial charge is 0.270 e. The number of aromatic nitrogens is 2. The number of likely N-dealkylation sites (N-methyl/N-ethyl adjacent to an activating group) is 1. The van der Waals surface area contributed by atoms with E-state index in [1.807, 2.05) is 13.0 Å². The first kappa shape index (κ1) is 16.9. The third-order valence-electron chi connectivity index (χ3n) is 5.06. The van der Waals surface area contributed by atoms with Gasteiger partial charge in [0, 0.05) is 49.1 Å². The minimum absolute atomic E-state index is 0.0383. The van der Waals surface area contributed by atoms with E-state index in [4.69, 9.17) is 4.74 Å². The summed E-state index contributed by atoms with van der Waals surface area (Å²) in [4.78, 5) is 24.4. The standard InChI is InChI=1S/C18H21N5O3/c1-12-8-17(22-10-15-16(11-22)26-7-6-21(15)2)20-18(19-12)13-4-3-5-14(9-13)23(24)25/h3-5,8-9,15-16H,6-7,10-11H2,1-2H3. The van der Waals surface area contributed by atoms with Crippen LogP contribution >= 0.6 is 0 Å². The van der Waals surface area contributed by atoms with Gasteiger partial charge in [0.05, 0.1) is 23.7 Å². The van der Waals surface area contributed by atoms with Crippen molar-refractivity contribution in [2.75, 3.05) is 38.2 Å². The van der Waals surface area contributed by atoms with Crippen LogP contribution in [0.5, 0.6) is 0 Å². The molecule has 2 atom stereocenters. The number of rotatable bonds is 3. The maximum Gasteiger partial charge on any atom is 0.270 e. The fourth-order valence-corrected chi connectivity index (χ4v) is 3.65. The average molecular weight is 355 g/mol. The molecule has 1 aromatic heterocycles. The highest BCUT2D eigenvalue weighted by atomic mass is 16.6. The van der Waals surface area contributed by atoms with Crippen LogP contribution in [-0.4, -0.2) is 65.2 Å². The van der Waals surface area contributed by atoms with E-state index in [-0.39, 0.29) is 11.8 Å². The molecule has 0 bridgehead atoms. The Balaban J connectivity index is 1.65. The summed E-state index contributed by atoms with van der Waals surface area (Å²) in [5.41, 5.74) is 1.52. The minimum atomic E-state index is -0.404. The van der Waals surface area contributed by atoms with Crippen molar-refractivity contribution in [3.05, 3.63) is 46.1 Å². The Morgan fingerprint density at radius 1 is 1.27 bits per heavy atom. The summed E-state index contributed by atoms with van der Waals surface area (Å²) in [6, 6.07) is 8.76. The maximum absolute atomic E-state index is 11.0. The van der Waals surface area contributed by atoms with Crippen LogP contribution in [0.15, 0.2) is 30.3 Å². The van der Waals surface area contributed by atoms with Gasteiger partial charge in [-0.2, -0.15) is 0 Å². The largest absolute Gasteiger partial charge is 0.373 e. The summed E-state index contributed by atoms with van der Waals surface area (Å²) in [7, 11) is 2.13. The number of hydrogen-bond acceptors (Lipinski definition) is 7. The third kappa shape index (κ3) is 3.13. The Hall–Kier alpha value is -2.58. The molecule has 2 aliphatic rings. The first-order valence-corrected chi connectivity index (χ1v) is 8.68. The van der Waals surface area contributed by atoms with E-state index < -0.39 is 4.92 Å². The predicted octanol–water partition coefficient (Wildman–Crippen LogP) is 1.88. The molecule has 3 heterocycles. The maximum atomic E-state index is 11.0. The molecule has 0 spiro atoms. The Kier molecular flexibility index (Phi) is 4.29. The number of fused-ring (bicyclic) bond motifs is 1. The summed E-state index contributed by atoms with van der Waals surface area (Å²) in [5, 5.41) is 11.0. The zero-order valence-electron chi connectivity index (χ0n) is 14.8. The van der Waals surface area contributed by atoms with Gasteiger partial charge in [0.2, 0.25) is 0 Å². The van der Waals surface area contributed by atoms with Gasteiger partial charge >= 0.3 is 0 Å². The first-order chi connectivity index (χ1) is 12.5. The van der Waals surface area contributed by atoms with E-state index in [9.17, 15) is 10.1 Å². The number of nitro groups is 1. The molecule has 8 nitrogen and oxygen atoms in total. The number of morpholine rings is 1. The molecule has 0 N–H and O–H groups in total. The molecule has 2 unspecified atom stereocenters. The lowest BCUT2D eigenvalue weighted by Gasteiger charge is -2.33. The number of aryl methyl sites for hydroxylation is 1. The van der Waals surface area contributed by atoms with Gasteiger partial charge in [-0.3, -0.25) is 15.0 Å². The molecule has 26 heavy (non-hydrogen) atoms. The molecule has 4 rings (SSSR count). The molecule has 136 valence electrons. The van der Waals surface area contributed by atoms with Crippen molar-refractivity contribution in [1.82, 2.24) is 14.9 Å². The number of nitro benzene ring substituents is 1. The second-order valence-corrected chi connectivity index (χ2v) is 6.86. The zero-order valence-corrected chi connectivity index (χ0v) is 14.8. The monoisotopic (exact) mass is 355 g/mol. The van der Waals surface area contributed by atoms with Crippen LogP contribution < -0.4 is 4.90 Å². The van der Waals surface area contributed by atoms with E-state index in [2.05, 4.69) is 26.8 Å². The van der Waals surface area contributed by atoms with E-state index in [0.29, 0.717) is 17.4 Å². The van der Waals surface area contributed by atoms with Gasteiger partial charge < -0.3 is 9.64 Å². The van der Waals surface area contributed by atoms with Crippen LogP contribution in [0.3, 0.4) is 0 Å². The van der Waals surface area contributed by atoms with Gasteiger partial charge in [-0.15, -0.1) is 0 Å². The summed E-state index contributed by atoms with van der Waals surface area (Å²) in [5.74, 6) is 1.35. The summed E-state index contributed by atoms with van der Waals surface area (Å²) in [6.07, 6.45) is 0.185. The van der Waals surface area contributed by atoms with E-state index >= 15 is 0 Å². The average Bonchev–Trinajstić information content (AvgIpc) is 3.07. The molecule has 0 aliphatic carbocycles. The normalized spacial score (nSPS) is 23.1. The number of anilines is 1. The van der Waals surface area contributed by atoms with Gasteiger partial charge in [0.1, 0.15) is 5.82 Å². The molecule has 2 aliphatic heterocycles. The fraction of sp³-hybridized carbons (Fsp3) is 0.444. The second kappa shape index (κ2) is 6.62. The Labute approximate surface area is 151 Å². The lowest BCUT2D eigenvalue weighted by atomic mass is 10.1. The summed E-state index contributed by atoms with van der Waals surface area (Å²) < 4.78 is 5.91. The van der Waals surface area contributed by atoms with Gasteiger partial charge in [-0.1, -0.05) is 12.1 Å². The Bertz CT molecular complexity index is 843. The van der Waals surface area contributed by atoms with Crippen LogP contribution in [0, 0.1) is 17.0 Å². The minimum Gasteiger partial charge on any atom is -0.373 e. The quantitative estimate of drug-likeness (QED) is 0.614. The van der Waals surface area contributed by atoms with Crippen LogP contribution in [0.2, 0.25) is 0 Å². The lowest BCUT2D eigenvalue weighted by molar-refractivity contribution is -0.384. The van der Waals surface area contributed by atoms with Gasteiger partial charge in [0.15, 0.2) is 5.82 Å². The molecule has 0 radical (unpaired) electrons.